The molecule has 0 saturated carbocycles. The first kappa shape index (κ1) is 25.9. The quantitative estimate of drug-likeness (QED) is 0.184. The number of hydrogen-bond acceptors (Lipinski definition) is 2. The normalized spacial score (nSPS) is 13.1. The van der Waals surface area contributed by atoms with Crippen molar-refractivity contribution in [3.8, 4) is 0 Å². The van der Waals surface area contributed by atoms with Crippen molar-refractivity contribution in [3.63, 3.8) is 0 Å². The van der Waals surface area contributed by atoms with E-state index in [4.69, 9.17) is 12.2 Å². The first-order valence-corrected chi connectivity index (χ1v) is 12.3. The highest BCUT2D eigenvalue weighted by Gasteiger charge is 2.14. The molecule has 3 N–H and O–H groups in total. The van der Waals surface area contributed by atoms with Crippen molar-refractivity contribution in [3.05, 3.63) is 30.3 Å². The number of aliphatic hydroxyl groups is 1. The van der Waals surface area contributed by atoms with E-state index in [1.165, 1.54) is 77.0 Å². The van der Waals surface area contributed by atoms with Crippen LogP contribution in [0.25, 0.3) is 0 Å². The van der Waals surface area contributed by atoms with Crippen LogP contribution in [0, 0.1) is 0 Å². The van der Waals surface area contributed by atoms with Crippen LogP contribution in [0.15, 0.2) is 30.3 Å². The van der Waals surface area contributed by atoms with Crippen LogP contribution in [0.5, 0.6) is 0 Å². The van der Waals surface area contributed by atoms with Gasteiger partial charge in [-0.3, -0.25) is 0 Å². The van der Waals surface area contributed by atoms with Crippen molar-refractivity contribution in [2.45, 2.75) is 116 Å². The summed E-state index contributed by atoms with van der Waals surface area (Å²) in [4.78, 5) is 0. The van der Waals surface area contributed by atoms with Crippen molar-refractivity contribution in [1.82, 2.24) is 5.32 Å². The van der Waals surface area contributed by atoms with E-state index < -0.39 is 0 Å². The summed E-state index contributed by atoms with van der Waals surface area (Å²) in [5, 5.41) is 17.3. The van der Waals surface area contributed by atoms with Gasteiger partial charge in [0, 0.05) is 5.69 Å². The Labute approximate surface area is 185 Å². The van der Waals surface area contributed by atoms with E-state index in [1.807, 2.05) is 37.3 Å². The second-order valence-corrected chi connectivity index (χ2v) is 8.76. The third-order valence-corrected chi connectivity index (χ3v) is 5.79. The van der Waals surface area contributed by atoms with Gasteiger partial charge in [-0.1, -0.05) is 109 Å². The second-order valence-electron chi connectivity index (χ2n) is 8.35. The fourth-order valence-corrected chi connectivity index (χ4v) is 3.92. The Kier molecular flexibility index (Phi) is 15.8. The van der Waals surface area contributed by atoms with Gasteiger partial charge in [0.15, 0.2) is 5.11 Å². The Bertz CT molecular complexity index is 509. The average molecular weight is 421 g/mol. The smallest absolute Gasteiger partial charge is 0.171 e. The second kappa shape index (κ2) is 17.7. The number of benzene rings is 1. The van der Waals surface area contributed by atoms with Crippen molar-refractivity contribution < 1.29 is 5.11 Å². The highest BCUT2D eigenvalue weighted by molar-refractivity contribution is 7.80. The lowest BCUT2D eigenvalue weighted by Gasteiger charge is -2.22. The number of nitrogens with one attached hydrogen (secondary N) is 2. The van der Waals surface area contributed by atoms with Crippen molar-refractivity contribution in [2.24, 2.45) is 0 Å². The molecule has 0 bridgehead atoms. The molecule has 2 atom stereocenters. The zero-order valence-electron chi connectivity index (χ0n) is 18.8. The third-order valence-electron chi connectivity index (χ3n) is 5.57. The van der Waals surface area contributed by atoms with Crippen molar-refractivity contribution in [1.29, 1.82) is 0 Å². The molecule has 0 fully saturated rings. The lowest BCUT2D eigenvalue weighted by molar-refractivity contribution is 0.130. The van der Waals surface area contributed by atoms with Gasteiger partial charge in [0.25, 0.3) is 0 Å². The minimum Gasteiger partial charge on any atom is -0.391 e. The molecule has 0 aromatic heterocycles. The molecule has 0 heterocycles. The number of thiocarbonyl (C=S) groups is 1. The van der Waals surface area contributed by atoms with Gasteiger partial charge in [-0.15, -0.1) is 0 Å². The summed E-state index contributed by atoms with van der Waals surface area (Å²) >= 11 is 5.34. The van der Waals surface area contributed by atoms with E-state index in [1.54, 1.807) is 0 Å². The minimum atomic E-state index is -0.363. The average Bonchev–Trinajstić information content (AvgIpc) is 2.71. The summed E-state index contributed by atoms with van der Waals surface area (Å²) in [5.41, 5.74) is 0.961. The van der Waals surface area contributed by atoms with Gasteiger partial charge in [0.2, 0.25) is 0 Å². The van der Waals surface area contributed by atoms with Crippen LogP contribution in [0.3, 0.4) is 0 Å². The van der Waals surface area contributed by atoms with Crippen LogP contribution in [0.2, 0.25) is 0 Å². The van der Waals surface area contributed by atoms with Gasteiger partial charge < -0.3 is 15.7 Å². The van der Waals surface area contributed by atoms with E-state index in [0.29, 0.717) is 5.11 Å². The molecule has 1 rings (SSSR count). The molecule has 166 valence electrons. The van der Waals surface area contributed by atoms with Gasteiger partial charge in [0.1, 0.15) is 0 Å². The fraction of sp³-hybridized carbons (Fsp3) is 0.720. The van der Waals surface area contributed by atoms with Crippen molar-refractivity contribution in [2.75, 3.05) is 5.32 Å². The van der Waals surface area contributed by atoms with Crippen molar-refractivity contribution >= 4 is 23.0 Å². The summed E-state index contributed by atoms with van der Waals surface area (Å²) in [7, 11) is 0. The van der Waals surface area contributed by atoms with Crippen LogP contribution in [-0.4, -0.2) is 22.4 Å². The molecular formula is C25H44N2OS. The number of anilines is 1. The molecule has 0 spiro atoms. The SMILES string of the molecule is CCCCCCCCCCCCCCCC(O)C(C)NC(=S)Nc1ccccc1. The summed E-state index contributed by atoms with van der Waals surface area (Å²) < 4.78 is 0. The van der Waals surface area contributed by atoms with E-state index in [2.05, 4.69) is 17.6 Å². The van der Waals surface area contributed by atoms with Crippen LogP contribution in [0.1, 0.15) is 104 Å². The Balaban J connectivity index is 1.94. The first-order valence-electron chi connectivity index (χ1n) is 11.9. The molecule has 0 aliphatic heterocycles. The van der Waals surface area contributed by atoms with E-state index in [-0.39, 0.29) is 12.1 Å². The molecule has 0 saturated heterocycles. The highest BCUT2D eigenvalue weighted by Crippen LogP contribution is 2.14. The van der Waals surface area contributed by atoms with Gasteiger partial charge in [-0.2, -0.15) is 0 Å². The summed E-state index contributed by atoms with van der Waals surface area (Å²) in [5.74, 6) is 0. The molecule has 29 heavy (non-hydrogen) atoms. The maximum Gasteiger partial charge on any atom is 0.171 e. The Morgan fingerprint density at radius 2 is 1.31 bits per heavy atom. The molecule has 0 aliphatic carbocycles. The van der Waals surface area contributed by atoms with Crippen LogP contribution in [-0.2, 0) is 0 Å². The molecule has 1 aromatic rings. The third kappa shape index (κ3) is 14.5. The van der Waals surface area contributed by atoms with E-state index in [0.717, 1.165) is 18.5 Å². The minimum absolute atomic E-state index is 0.0453. The number of unbranched alkanes of at least 4 members (excludes halogenated alkanes) is 12. The summed E-state index contributed by atoms with van der Waals surface area (Å²) in [6, 6.07) is 9.82. The number of para-hydroxylation sites is 1. The molecule has 0 amide bonds. The fourth-order valence-electron chi connectivity index (χ4n) is 3.61. The van der Waals surface area contributed by atoms with E-state index >= 15 is 0 Å². The Morgan fingerprint density at radius 3 is 1.83 bits per heavy atom. The molecule has 1 aromatic carbocycles. The molecule has 3 nitrogen and oxygen atoms in total. The van der Waals surface area contributed by atoms with Gasteiger partial charge in [-0.25, -0.2) is 0 Å². The summed E-state index contributed by atoms with van der Waals surface area (Å²) in [6.07, 6.45) is 18.0. The Hall–Kier alpha value is -1.13. The standard InChI is InChI=1S/C25H44N2OS/c1-3-4-5-6-7-8-9-10-11-12-13-14-18-21-24(28)22(2)26-25(29)27-23-19-16-15-17-20-23/h15-17,19-20,22,24,28H,3-14,18,21H2,1-2H3,(H2,26,27,29). The number of rotatable bonds is 17. The lowest BCUT2D eigenvalue weighted by atomic mass is 10.0. The lowest BCUT2D eigenvalue weighted by Crippen LogP contribution is -2.43. The molecular weight excluding hydrogens is 376 g/mol. The largest absolute Gasteiger partial charge is 0.391 e. The van der Waals surface area contributed by atoms with Crippen LogP contribution >= 0.6 is 12.2 Å². The van der Waals surface area contributed by atoms with Gasteiger partial charge in [-0.05, 0) is 37.7 Å². The predicted molar refractivity (Wildman–Crippen MR) is 132 cm³/mol. The molecule has 0 aliphatic rings. The van der Waals surface area contributed by atoms with Gasteiger partial charge in [0.05, 0.1) is 12.1 Å². The van der Waals surface area contributed by atoms with Gasteiger partial charge >= 0.3 is 0 Å². The maximum atomic E-state index is 10.4. The highest BCUT2D eigenvalue weighted by atomic mass is 32.1. The molecule has 0 radical (unpaired) electrons. The molecule has 4 heteroatoms. The van der Waals surface area contributed by atoms with Crippen LogP contribution < -0.4 is 10.6 Å². The Morgan fingerprint density at radius 1 is 0.828 bits per heavy atom. The number of aliphatic hydroxyl groups excluding tert-OH is 1. The zero-order chi connectivity index (χ0) is 21.2. The monoisotopic (exact) mass is 420 g/mol. The number of hydrogen-bond donors (Lipinski definition) is 3. The predicted octanol–water partition coefficient (Wildman–Crippen LogP) is 7.20. The maximum absolute atomic E-state index is 10.4. The zero-order valence-corrected chi connectivity index (χ0v) is 19.6. The first-order chi connectivity index (χ1) is 14.1. The molecule has 2 unspecified atom stereocenters. The van der Waals surface area contributed by atoms with E-state index in [9.17, 15) is 5.11 Å². The summed E-state index contributed by atoms with van der Waals surface area (Å²) in [6.45, 7) is 4.27. The topological polar surface area (TPSA) is 44.3 Å². The van der Waals surface area contributed by atoms with Crippen LogP contribution in [0.4, 0.5) is 5.69 Å².